The van der Waals surface area contributed by atoms with E-state index in [1.807, 2.05) is 36.4 Å². The van der Waals surface area contributed by atoms with Crippen molar-refractivity contribution in [3.63, 3.8) is 0 Å². The normalized spacial score (nSPS) is 10.8. The number of carbonyl (C=O) groups is 1. The minimum absolute atomic E-state index is 0.0835. The molecule has 2 rings (SSSR count). The van der Waals surface area contributed by atoms with Gasteiger partial charge in [-0.1, -0.05) is 62.4 Å². The average Bonchev–Trinajstić information content (AvgIpc) is 2.38. The third-order valence-corrected chi connectivity index (χ3v) is 3.24. The van der Waals surface area contributed by atoms with Crippen LogP contribution >= 0.6 is 0 Å². The number of rotatable bonds is 5. The minimum Gasteiger partial charge on any atom is -0.481 e. The van der Waals surface area contributed by atoms with Gasteiger partial charge < -0.3 is 5.11 Å². The highest BCUT2D eigenvalue weighted by molar-refractivity contribution is 5.72. The molecule has 0 saturated carbocycles. The van der Waals surface area contributed by atoms with Crippen LogP contribution in [0.5, 0.6) is 0 Å². The third-order valence-electron chi connectivity index (χ3n) is 3.24. The van der Waals surface area contributed by atoms with Gasteiger partial charge >= 0.3 is 5.97 Å². The minimum atomic E-state index is -0.784. The summed E-state index contributed by atoms with van der Waals surface area (Å²) in [5.74, 6) is -0.245. The van der Waals surface area contributed by atoms with Gasteiger partial charge in [-0.05, 0) is 34.6 Å². The molecule has 0 aliphatic rings. The molecule has 0 spiro atoms. The summed E-state index contributed by atoms with van der Waals surface area (Å²) in [5, 5.41) is 8.93. The van der Waals surface area contributed by atoms with Crippen LogP contribution in [0.25, 0.3) is 11.1 Å². The molecule has 0 saturated heterocycles. The van der Waals surface area contributed by atoms with Crippen molar-refractivity contribution in [2.75, 3.05) is 0 Å². The Balaban J connectivity index is 2.42. The van der Waals surface area contributed by atoms with Gasteiger partial charge in [0, 0.05) is 0 Å². The number of carboxylic acid groups (broad SMARTS) is 1. The van der Waals surface area contributed by atoms with Crippen LogP contribution in [0.4, 0.5) is 0 Å². The second-order valence-electron chi connectivity index (χ2n) is 5.53. The van der Waals surface area contributed by atoms with Crippen molar-refractivity contribution in [2.45, 2.75) is 26.7 Å². The average molecular weight is 268 g/mol. The molecule has 0 unspecified atom stereocenters. The first-order chi connectivity index (χ1) is 9.56. The molecule has 1 N–H and O–H groups in total. The van der Waals surface area contributed by atoms with Crippen LogP contribution in [-0.2, 0) is 17.6 Å². The fourth-order valence-electron chi connectivity index (χ4n) is 2.44. The summed E-state index contributed by atoms with van der Waals surface area (Å²) in [6.45, 7) is 4.36. The first-order valence-corrected chi connectivity index (χ1v) is 6.95. The molecule has 0 bridgehead atoms. The highest BCUT2D eigenvalue weighted by Crippen LogP contribution is 2.27. The van der Waals surface area contributed by atoms with Gasteiger partial charge in [0.1, 0.15) is 0 Å². The van der Waals surface area contributed by atoms with E-state index in [1.165, 1.54) is 16.7 Å². The summed E-state index contributed by atoms with van der Waals surface area (Å²) in [6, 6.07) is 16.2. The molecule has 2 aromatic rings. The molecular weight excluding hydrogens is 248 g/mol. The Hall–Kier alpha value is -2.09. The predicted molar refractivity (Wildman–Crippen MR) is 81.8 cm³/mol. The van der Waals surface area contributed by atoms with Gasteiger partial charge in [-0.25, -0.2) is 0 Å². The molecule has 0 aliphatic carbocycles. The fraction of sp³-hybridized carbons (Fsp3) is 0.278. The van der Waals surface area contributed by atoms with E-state index < -0.39 is 5.97 Å². The van der Waals surface area contributed by atoms with Gasteiger partial charge in [-0.3, -0.25) is 4.79 Å². The zero-order valence-electron chi connectivity index (χ0n) is 12.0. The molecule has 0 aliphatic heterocycles. The van der Waals surface area contributed by atoms with Crippen LogP contribution in [0.15, 0.2) is 48.5 Å². The lowest BCUT2D eigenvalue weighted by atomic mass is 9.91. The van der Waals surface area contributed by atoms with Gasteiger partial charge in [0.15, 0.2) is 0 Å². The smallest absolute Gasteiger partial charge is 0.307 e. The molecule has 2 heteroatoms. The number of benzene rings is 2. The van der Waals surface area contributed by atoms with Crippen LogP contribution in [0.2, 0.25) is 0 Å². The lowest BCUT2D eigenvalue weighted by Crippen LogP contribution is -2.03. The molecule has 104 valence electrons. The van der Waals surface area contributed by atoms with Gasteiger partial charge in [-0.15, -0.1) is 0 Å². The lowest BCUT2D eigenvalue weighted by Gasteiger charge is -2.13. The standard InChI is InChI=1S/C18H20O2/c1-13(2)10-16-11-14(12-18(19)20)8-9-17(16)15-6-4-3-5-7-15/h3-9,11,13H,10,12H2,1-2H3,(H,19,20). The maximum atomic E-state index is 10.9. The van der Waals surface area contributed by atoms with E-state index in [9.17, 15) is 4.79 Å². The van der Waals surface area contributed by atoms with Crippen molar-refractivity contribution in [1.82, 2.24) is 0 Å². The highest BCUT2D eigenvalue weighted by Gasteiger charge is 2.09. The summed E-state index contributed by atoms with van der Waals surface area (Å²) < 4.78 is 0. The maximum Gasteiger partial charge on any atom is 0.307 e. The van der Waals surface area contributed by atoms with Crippen LogP contribution in [0.3, 0.4) is 0 Å². The molecule has 0 aromatic heterocycles. The van der Waals surface area contributed by atoms with E-state index in [0.717, 1.165) is 12.0 Å². The van der Waals surface area contributed by atoms with Gasteiger partial charge in [-0.2, -0.15) is 0 Å². The van der Waals surface area contributed by atoms with Crippen molar-refractivity contribution in [1.29, 1.82) is 0 Å². The third kappa shape index (κ3) is 3.70. The Labute approximate surface area is 120 Å². The molecule has 0 radical (unpaired) electrons. The topological polar surface area (TPSA) is 37.3 Å². The maximum absolute atomic E-state index is 10.9. The Bertz CT molecular complexity index is 586. The molecule has 20 heavy (non-hydrogen) atoms. The Morgan fingerprint density at radius 1 is 1.10 bits per heavy atom. The largest absolute Gasteiger partial charge is 0.481 e. The summed E-state index contributed by atoms with van der Waals surface area (Å²) in [5.41, 5.74) is 4.48. The second-order valence-corrected chi connectivity index (χ2v) is 5.53. The Morgan fingerprint density at radius 2 is 1.80 bits per heavy atom. The lowest BCUT2D eigenvalue weighted by molar-refractivity contribution is -0.136. The predicted octanol–water partition coefficient (Wildman–Crippen LogP) is 4.18. The van der Waals surface area contributed by atoms with E-state index in [1.54, 1.807) is 0 Å². The van der Waals surface area contributed by atoms with Crippen molar-refractivity contribution in [3.8, 4) is 11.1 Å². The zero-order chi connectivity index (χ0) is 14.5. The monoisotopic (exact) mass is 268 g/mol. The molecule has 0 fully saturated rings. The number of aliphatic carboxylic acids is 1. The number of carboxylic acids is 1. The van der Waals surface area contributed by atoms with Crippen LogP contribution < -0.4 is 0 Å². The first-order valence-electron chi connectivity index (χ1n) is 6.95. The molecule has 2 aromatic carbocycles. The second kappa shape index (κ2) is 6.38. The Morgan fingerprint density at radius 3 is 2.40 bits per heavy atom. The highest BCUT2D eigenvalue weighted by atomic mass is 16.4. The van der Waals surface area contributed by atoms with Crippen LogP contribution in [0, 0.1) is 5.92 Å². The quantitative estimate of drug-likeness (QED) is 0.883. The van der Waals surface area contributed by atoms with Crippen molar-refractivity contribution >= 4 is 5.97 Å². The summed E-state index contributed by atoms with van der Waals surface area (Å²) >= 11 is 0. The van der Waals surface area contributed by atoms with E-state index >= 15 is 0 Å². The van der Waals surface area contributed by atoms with E-state index in [-0.39, 0.29) is 6.42 Å². The molecule has 0 heterocycles. The van der Waals surface area contributed by atoms with Gasteiger partial charge in [0.25, 0.3) is 0 Å². The summed E-state index contributed by atoms with van der Waals surface area (Å²) in [7, 11) is 0. The SMILES string of the molecule is CC(C)Cc1cc(CC(=O)O)ccc1-c1ccccc1. The number of hydrogen-bond acceptors (Lipinski definition) is 1. The fourth-order valence-corrected chi connectivity index (χ4v) is 2.44. The van der Waals surface area contributed by atoms with Crippen LogP contribution in [0.1, 0.15) is 25.0 Å². The summed E-state index contributed by atoms with van der Waals surface area (Å²) in [6.07, 6.45) is 1.04. The molecule has 0 amide bonds. The first kappa shape index (κ1) is 14.3. The zero-order valence-corrected chi connectivity index (χ0v) is 12.0. The van der Waals surface area contributed by atoms with Crippen molar-refractivity contribution in [2.24, 2.45) is 5.92 Å². The molecule has 0 atom stereocenters. The molecular formula is C18H20O2. The van der Waals surface area contributed by atoms with Crippen molar-refractivity contribution in [3.05, 3.63) is 59.7 Å². The molecule has 2 nitrogen and oxygen atoms in total. The van der Waals surface area contributed by atoms with E-state index in [2.05, 4.69) is 26.0 Å². The number of hydrogen-bond donors (Lipinski definition) is 1. The Kier molecular flexibility index (Phi) is 4.57. The van der Waals surface area contributed by atoms with Crippen molar-refractivity contribution < 1.29 is 9.90 Å². The van der Waals surface area contributed by atoms with Gasteiger partial charge in [0.2, 0.25) is 0 Å². The van der Waals surface area contributed by atoms with E-state index in [0.29, 0.717) is 5.92 Å². The van der Waals surface area contributed by atoms with E-state index in [4.69, 9.17) is 5.11 Å². The van der Waals surface area contributed by atoms with Gasteiger partial charge in [0.05, 0.1) is 6.42 Å². The van der Waals surface area contributed by atoms with Crippen LogP contribution in [-0.4, -0.2) is 11.1 Å². The summed E-state index contributed by atoms with van der Waals surface area (Å²) in [4.78, 5) is 10.9.